The fourth-order valence-corrected chi connectivity index (χ4v) is 3.21. The maximum absolute atomic E-state index is 5.74. The van der Waals surface area contributed by atoms with Crippen molar-refractivity contribution in [1.82, 2.24) is 15.2 Å². The molecule has 1 saturated heterocycles. The fraction of sp³-hybridized carbons (Fsp3) is 0.769. The number of hydrogen-bond acceptors (Lipinski definition) is 4. The summed E-state index contributed by atoms with van der Waals surface area (Å²) in [6.45, 7) is 7.90. The number of nitrogens with zero attached hydrogens (tertiary/aromatic N) is 2. The first-order valence-electron chi connectivity index (χ1n) is 6.86. The molecule has 1 aliphatic rings. The van der Waals surface area contributed by atoms with Gasteiger partial charge in [-0.25, -0.2) is 0 Å². The first-order valence-corrected chi connectivity index (χ1v) is 7.65. The van der Waals surface area contributed by atoms with E-state index >= 15 is 0 Å². The van der Waals surface area contributed by atoms with Gasteiger partial charge in [-0.1, -0.05) is 0 Å². The van der Waals surface area contributed by atoms with Crippen LogP contribution in [-0.4, -0.2) is 28.5 Å². The average molecular weight is 331 g/mol. The predicted octanol–water partition coefficient (Wildman–Crippen LogP) is 1.77. The summed E-state index contributed by atoms with van der Waals surface area (Å²) >= 11 is 3.64. The van der Waals surface area contributed by atoms with Crippen LogP contribution < -0.4 is 11.3 Å². The van der Waals surface area contributed by atoms with Crippen LogP contribution in [0.15, 0.2) is 4.47 Å². The largest absolute Gasteiger partial charge is 0.378 e. The highest BCUT2D eigenvalue weighted by atomic mass is 79.9. The number of nitrogens with one attached hydrogen (secondary N) is 1. The molecule has 5 nitrogen and oxygen atoms in total. The van der Waals surface area contributed by atoms with E-state index in [1.807, 2.05) is 11.6 Å². The Morgan fingerprint density at radius 1 is 1.63 bits per heavy atom. The Bertz CT molecular complexity index is 435. The van der Waals surface area contributed by atoms with Gasteiger partial charge in [-0.05, 0) is 43.1 Å². The zero-order valence-corrected chi connectivity index (χ0v) is 13.4. The Balaban J connectivity index is 2.14. The molecule has 0 saturated carbocycles. The van der Waals surface area contributed by atoms with Gasteiger partial charge in [-0.15, -0.1) is 0 Å². The molecule has 1 aliphatic heterocycles. The van der Waals surface area contributed by atoms with Crippen LogP contribution in [0.25, 0.3) is 0 Å². The molecule has 0 radical (unpaired) electrons. The van der Waals surface area contributed by atoms with Crippen molar-refractivity contribution in [1.29, 1.82) is 0 Å². The van der Waals surface area contributed by atoms with E-state index in [2.05, 4.69) is 40.3 Å². The molecule has 0 aromatic carbocycles. The molecule has 6 heteroatoms. The first kappa shape index (κ1) is 15.0. The summed E-state index contributed by atoms with van der Waals surface area (Å²) in [4.78, 5) is 0. The molecule has 1 fully saturated rings. The van der Waals surface area contributed by atoms with Crippen LogP contribution >= 0.6 is 15.9 Å². The topological polar surface area (TPSA) is 65.1 Å². The highest BCUT2D eigenvalue weighted by Crippen LogP contribution is 2.27. The molecule has 0 spiro atoms. The van der Waals surface area contributed by atoms with Crippen LogP contribution in [0.1, 0.15) is 31.7 Å². The lowest BCUT2D eigenvalue weighted by Crippen LogP contribution is -2.43. The molecule has 2 rings (SSSR count). The van der Waals surface area contributed by atoms with Crippen LogP contribution in [0.4, 0.5) is 0 Å². The minimum atomic E-state index is 0.225. The third-order valence-electron chi connectivity index (χ3n) is 3.88. The van der Waals surface area contributed by atoms with Crippen molar-refractivity contribution in [3.05, 3.63) is 15.9 Å². The molecule has 0 aliphatic carbocycles. The van der Waals surface area contributed by atoms with E-state index in [0.717, 1.165) is 36.2 Å². The van der Waals surface area contributed by atoms with Crippen molar-refractivity contribution in [3.63, 3.8) is 0 Å². The molecule has 19 heavy (non-hydrogen) atoms. The smallest absolute Gasteiger partial charge is 0.0738 e. The normalized spacial score (nSPS) is 24.9. The Morgan fingerprint density at radius 2 is 2.37 bits per heavy atom. The van der Waals surface area contributed by atoms with E-state index in [-0.39, 0.29) is 6.04 Å². The summed E-state index contributed by atoms with van der Waals surface area (Å²) in [7, 11) is 0. The second-order valence-electron chi connectivity index (χ2n) is 5.28. The van der Waals surface area contributed by atoms with Gasteiger partial charge in [0.15, 0.2) is 0 Å². The maximum atomic E-state index is 5.74. The number of hydrazine groups is 1. The summed E-state index contributed by atoms with van der Waals surface area (Å²) < 4.78 is 8.79. The van der Waals surface area contributed by atoms with Crippen molar-refractivity contribution in [2.24, 2.45) is 11.8 Å². The van der Waals surface area contributed by atoms with E-state index in [1.165, 1.54) is 5.69 Å². The van der Waals surface area contributed by atoms with E-state index in [9.17, 15) is 0 Å². The third-order valence-corrected chi connectivity index (χ3v) is 4.91. The minimum Gasteiger partial charge on any atom is -0.378 e. The van der Waals surface area contributed by atoms with Gasteiger partial charge in [0.2, 0.25) is 0 Å². The Hall–Kier alpha value is -0.430. The Labute approximate surface area is 123 Å². The molecule has 3 N–H and O–H groups in total. The van der Waals surface area contributed by atoms with E-state index in [4.69, 9.17) is 10.6 Å². The lowest BCUT2D eigenvalue weighted by atomic mass is 9.93. The van der Waals surface area contributed by atoms with Crippen LogP contribution in [0, 0.1) is 12.8 Å². The highest BCUT2D eigenvalue weighted by molar-refractivity contribution is 9.10. The minimum absolute atomic E-state index is 0.225. The lowest BCUT2D eigenvalue weighted by molar-refractivity contribution is 0.116. The summed E-state index contributed by atoms with van der Waals surface area (Å²) in [6.07, 6.45) is 2.26. The monoisotopic (exact) mass is 330 g/mol. The van der Waals surface area contributed by atoms with Crippen molar-refractivity contribution in [2.75, 3.05) is 6.61 Å². The lowest BCUT2D eigenvalue weighted by Gasteiger charge is -2.22. The highest BCUT2D eigenvalue weighted by Gasteiger charge is 2.30. The molecule has 3 unspecified atom stereocenters. The van der Waals surface area contributed by atoms with Crippen LogP contribution in [-0.2, 0) is 17.7 Å². The molecule has 0 amide bonds. The predicted molar refractivity (Wildman–Crippen MR) is 78.7 cm³/mol. The fourth-order valence-electron chi connectivity index (χ4n) is 2.76. The average Bonchev–Trinajstić information content (AvgIpc) is 2.93. The Kier molecular flexibility index (Phi) is 5.00. The Morgan fingerprint density at radius 3 is 2.89 bits per heavy atom. The standard InChI is InChI=1S/C13H23BrN4O/c1-4-18-12(13(14)9(3)17-18)6-11(16-15)10-5-8(2)19-7-10/h8,10-11,16H,4-7,15H2,1-3H3. The number of ether oxygens (including phenoxy) is 1. The van der Waals surface area contributed by atoms with Crippen molar-refractivity contribution >= 4 is 15.9 Å². The second kappa shape index (κ2) is 6.35. The zero-order chi connectivity index (χ0) is 14.0. The molecule has 1 aromatic rings. The number of aryl methyl sites for hydroxylation is 2. The number of hydrogen-bond donors (Lipinski definition) is 2. The first-order chi connectivity index (χ1) is 9.06. The van der Waals surface area contributed by atoms with E-state index in [0.29, 0.717) is 12.0 Å². The third kappa shape index (κ3) is 3.18. The van der Waals surface area contributed by atoms with Crippen molar-refractivity contribution < 1.29 is 4.74 Å². The molecule has 2 heterocycles. The van der Waals surface area contributed by atoms with Gasteiger partial charge in [0.1, 0.15) is 0 Å². The van der Waals surface area contributed by atoms with Crippen molar-refractivity contribution in [3.8, 4) is 0 Å². The van der Waals surface area contributed by atoms with Gasteiger partial charge in [-0.3, -0.25) is 16.0 Å². The molecular weight excluding hydrogens is 308 g/mol. The van der Waals surface area contributed by atoms with Crippen LogP contribution in [0.2, 0.25) is 0 Å². The second-order valence-corrected chi connectivity index (χ2v) is 6.07. The van der Waals surface area contributed by atoms with Gasteiger partial charge in [-0.2, -0.15) is 5.10 Å². The maximum Gasteiger partial charge on any atom is 0.0738 e. The molecule has 108 valence electrons. The molecule has 1 aromatic heterocycles. The van der Waals surface area contributed by atoms with Gasteiger partial charge in [0.25, 0.3) is 0 Å². The summed E-state index contributed by atoms with van der Waals surface area (Å²) in [5, 5.41) is 4.53. The quantitative estimate of drug-likeness (QED) is 0.638. The van der Waals surface area contributed by atoms with Gasteiger partial charge in [0, 0.05) is 24.9 Å². The molecule has 0 bridgehead atoms. The molecular formula is C13H23BrN4O. The zero-order valence-electron chi connectivity index (χ0n) is 11.8. The van der Waals surface area contributed by atoms with Crippen molar-refractivity contribution in [2.45, 2.75) is 52.3 Å². The summed E-state index contributed by atoms with van der Waals surface area (Å²) in [5.74, 6) is 6.21. The number of rotatable bonds is 5. The van der Waals surface area contributed by atoms with Gasteiger partial charge in [0.05, 0.1) is 28.6 Å². The number of halogens is 1. The summed E-state index contributed by atoms with van der Waals surface area (Å²) in [6, 6.07) is 0.225. The number of aromatic nitrogens is 2. The SMILES string of the molecule is CCn1nc(C)c(Br)c1CC(NN)C1COC(C)C1. The van der Waals surface area contributed by atoms with E-state index < -0.39 is 0 Å². The summed E-state index contributed by atoms with van der Waals surface area (Å²) in [5.41, 5.74) is 5.20. The van der Waals surface area contributed by atoms with Gasteiger partial charge >= 0.3 is 0 Å². The van der Waals surface area contributed by atoms with E-state index in [1.54, 1.807) is 0 Å². The van der Waals surface area contributed by atoms with Crippen LogP contribution in [0.3, 0.4) is 0 Å². The van der Waals surface area contributed by atoms with Crippen LogP contribution in [0.5, 0.6) is 0 Å². The van der Waals surface area contributed by atoms with Gasteiger partial charge < -0.3 is 4.74 Å². The number of nitrogens with two attached hydrogens (primary N) is 1. The molecule has 3 atom stereocenters.